The Labute approximate surface area is 160 Å². The van der Waals surface area contributed by atoms with Crippen LogP contribution in [-0.2, 0) is 16.0 Å². The third-order valence-corrected chi connectivity index (χ3v) is 3.87. The Morgan fingerprint density at radius 1 is 0.769 bits per heavy atom. The number of halogens is 2. The third kappa shape index (κ3) is 6.74. The van der Waals surface area contributed by atoms with Crippen LogP contribution in [0.5, 0.6) is 0 Å². The van der Waals surface area contributed by atoms with E-state index in [9.17, 15) is 14.4 Å². The first kappa shape index (κ1) is 19.8. The van der Waals surface area contributed by atoms with Crippen molar-refractivity contribution in [1.82, 2.24) is 16.2 Å². The molecule has 2 aromatic rings. The Bertz CT molecular complexity index is 777. The van der Waals surface area contributed by atoms with Gasteiger partial charge in [0, 0.05) is 28.6 Å². The number of nitrogens with one attached hydrogen (secondary N) is 3. The lowest BCUT2D eigenvalue weighted by molar-refractivity contribution is -0.128. The molecule has 6 nitrogen and oxygen atoms in total. The summed E-state index contributed by atoms with van der Waals surface area (Å²) in [6.45, 7) is 0.139. The highest BCUT2D eigenvalue weighted by Gasteiger charge is 2.08. The van der Waals surface area contributed by atoms with Crippen molar-refractivity contribution in [2.24, 2.45) is 0 Å². The van der Waals surface area contributed by atoms with E-state index in [1.807, 2.05) is 0 Å². The number of amides is 3. The van der Waals surface area contributed by atoms with Crippen molar-refractivity contribution < 1.29 is 14.4 Å². The van der Waals surface area contributed by atoms with Gasteiger partial charge in [0.2, 0.25) is 11.8 Å². The quantitative estimate of drug-likeness (QED) is 0.658. The van der Waals surface area contributed by atoms with E-state index >= 15 is 0 Å². The van der Waals surface area contributed by atoms with Crippen molar-refractivity contribution >= 4 is 40.9 Å². The van der Waals surface area contributed by atoms with Crippen LogP contribution in [0, 0.1) is 0 Å². The highest BCUT2D eigenvalue weighted by Crippen LogP contribution is 2.10. The van der Waals surface area contributed by atoms with Crippen LogP contribution in [0.1, 0.15) is 22.3 Å². The molecule has 0 saturated carbocycles. The molecule has 0 spiro atoms. The summed E-state index contributed by atoms with van der Waals surface area (Å²) in [4.78, 5) is 35.3. The zero-order chi connectivity index (χ0) is 18.9. The maximum Gasteiger partial charge on any atom is 0.251 e. The second-order valence-electron chi connectivity index (χ2n) is 5.41. The lowest BCUT2D eigenvalue weighted by atomic mass is 10.1. The van der Waals surface area contributed by atoms with Gasteiger partial charge in [-0.05, 0) is 42.0 Å². The fourth-order valence-electron chi connectivity index (χ4n) is 2.03. The Balaban J connectivity index is 1.65. The van der Waals surface area contributed by atoms with Crippen molar-refractivity contribution in [1.29, 1.82) is 0 Å². The van der Waals surface area contributed by atoms with E-state index in [0.29, 0.717) is 15.6 Å². The van der Waals surface area contributed by atoms with Crippen molar-refractivity contribution in [3.63, 3.8) is 0 Å². The summed E-state index contributed by atoms with van der Waals surface area (Å²) in [5.41, 5.74) is 5.85. The normalized spacial score (nSPS) is 10.1. The van der Waals surface area contributed by atoms with Gasteiger partial charge in [0.25, 0.3) is 5.91 Å². The third-order valence-electron chi connectivity index (χ3n) is 3.36. The minimum atomic E-state index is -0.411. The molecule has 0 radical (unpaired) electrons. The van der Waals surface area contributed by atoms with Gasteiger partial charge in [-0.3, -0.25) is 25.2 Å². The number of carbonyl (C=O) groups excluding carboxylic acids is 3. The molecule has 3 N–H and O–H groups in total. The summed E-state index contributed by atoms with van der Waals surface area (Å²) in [5, 5.41) is 3.74. The Hall–Kier alpha value is -2.57. The highest BCUT2D eigenvalue weighted by molar-refractivity contribution is 6.30. The first-order valence-electron chi connectivity index (χ1n) is 7.80. The molecular weight excluding hydrogens is 377 g/mol. The maximum absolute atomic E-state index is 11.9. The fraction of sp³-hybridized carbons (Fsp3) is 0.167. The summed E-state index contributed by atoms with van der Waals surface area (Å²) in [5.74, 6) is -1.07. The first-order chi connectivity index (χ1) is 12.4. The van der Waals surface area contributed by atoms with E-state index in [-0.39, 0.29) is 31.2 Å². The van der Waals surface area contributed by atoms with Gasteiger partial charge in [0.15, 0.2) is 0 Å². The van der Waals surface area contributed by atoms with Gasteiger partial charge in [-0.1, -0.05) is 35.3 Å². The van der Waals surface area contributed by atoms with E-state index in [1.165, 1.54) is 0 Å². The first-order valence-corrected chi connectivity index (χ1v) is 8.55. The van der Waals surface area contributed by atoms with E-state index < -0.39 is 5.91 Å². The van der Waals surface area contributed by atoms with E-state index in [1.54, 1.807) is 48.5 Å². The summed E-state index contributed by atoms with van der Waals surface area (Å²) in [7, 11) is 0. The van der Waals surface area contributed by atoms with Gasteiger partial charge in [-0.2, -0.15) is 0 Å². The van der Waals surface area contributed by atoms with Crippen LogP contribution in [-0.4, -0.2) is 24.3 Å². The molecular formula is C18H17Cl2N3O3. The zero-order valence-electron chi connectivity index (χ0n) is 13.7. The van der Waals surface area contributed by atoms with Gasteiger partial charge in [0.1, 0.15) is 0 Å². The smallest absolute Gasteiger partial charge is 0.251 e. The van der Waals surface area contributed by atoms with Crippen LogP contribution < -0.4 is 16.2 Å². The maximum atomic E-state index is 11.9. The molecule has 3 amide bonds. The van der Waals surface area contributed by atoms with Gasteiger partial charge >= 0.3 is 0 Å². The van der Waals surface area contributed by atoms with Crippen LogP contribution in [0.3, 0.4) is 0 Å². The Morgan fingerprint density at radius 3 is 1.92 bits per heavy atom. The van der Waals surface area contributed by atoms with Crippen LogP contribution in [0.25, 0.3) is 0 Å². The number of hydrogen-bond donors (Lipinski definition) is 3. The summed E-state index contributed by atoms with van der Waals surface area (Å²) < 4.78 is 0. The number of hydrogen-bond acceptors (Lipinski definition) is 3. The molecule has 0 fully saturated rings. The van der Waals surface area contributed by atoms with E-state index in [0.717, 1.165) is 5.56 Å². The molecule has 2 aromatic carbocycles. The van der Waals surface area contributed by atoms with Crippen molar-refractivity contribution in [2.75, 3.05) is 6.54 Å². The van der Waals surface area contributed by atoms with Crippen LogP contribution in [0.15, 0.2) is 48.5 Å². The molecule has 8 heteroatoms. The summed E-state index contributed by atoms with van der Waals surface area (Å²) in [6.07, 6.45) is 0.144. The molecule has 136 valence electrons. The molecule has 0 unspecified atom stereocenters. The molecule has 0 aliphatic rings. The topological polar surface area (TPSA) is 87.3 Å². The number of carbonyl (C=O) groups is 3. The van der Waals surface area contributed by atoms with E-state index in [4.69, 9.17) is 23.2 Å². The second-order valence-corrected chi connectivity index (χ2v) is 6.29. The zero-order valence-corrected chi connectivity index (χ0v) is 15.2. The molecule has 0 saturated heterocycles. The lowest BCUT2D eigenvalue weighted by Crippen LogP contribution is -2.43. The van der Waals surface area contributed by atoms with Crippen LogP contribution in [0.4, 0.5) is 0 Å². The average molecular weight is 394 g/mol. The molecule has 0 aliphatic carbocycles. The predicted octanol–water partition coefficient (Wildman–Crippen LogP) is 2.50. The van der Waals surface area contributed by atoms with Gasteiger partial charge in [-0.25, -0.2) is 0 Å². The molecule has 0 bridgehead atoms. The molecule has 0 aromatic heterocycles. The monoisotopic (exact) mass is 393 g/mol. The number of benzene rings is 2. The Morgan fingerprint density at radius 2 is 1.31 bits per heavy atom. The molecule has 2 rings (SSSR count). The minimum Gasteiger partial charge on any atom is -0.352 e. The minimum absolute atomic E-state index is 0.0283. The van der Waals surface area contributed by atoms with Gasteiger partial charge < -0.3 is 5.32 Å². The lowest BCUT2D eigenvalue weighted by Gasteiger charge is -2.08. The highest BCUT2D eigenvalue weighted by atomic mass is 35.5. The number of hydrazine groups is 1. The van der Waals surface area contributed by atoms with Crippen molar-refractivity contribution in [3.8, 4) is 0 Å². The van der Waals surface area contributed by atoms with Crippen LogP contribution in [0.2, 0.25) is 10.0 Å². The van der Waals surface area contributed by atoms with Gasteiger partial charge in [0.05, 0.1) is 6.42 Å². The summed E-state index contributed by atoms with van der Waals surface area (Å²) >= 11 is 11.5. The molecule has 26 heavy (non-hydrogen) atoms. The molecule has 0 aliphatic heterocycles. The SMILES string of the molecule is O=C(CCNC(=O)c1ccc(Cl)cc1)NNC(=O)Cc1ccc(Cl)cc1. The summed E-state index contributed by atoms with van der Waals surface area (Å²) in [6, 6.07) is 13.2. The van der Waals surface area contributed by atoms with Crippen LogP contribution >= 0.6 is 23.2 Å². The standard InChI is InChI=1S/C18H17Cl2N3O3/c19-14-5-1-12(2-6-14)11-17(25)23-22-16(24)9-10-21-18(26)13-3-7-15(20)8-4-13/h1-8H,9-11H2,(H,21,26)(H,22,24)(H,23,25). The van der Waals surface area contributed by atoms with Crippen molar-refractivity contribution in [2.45, 2.75) is 12.8 Å². The van der Waals surface area contributed by atoms with Crippen molar-refractivity contribution in [3.05, 3.63) is 69.7 Å². The molecule has 0 heterocycles. The average Bonchev–Trinajstić information content (AvgIpc) is 2.62. The Kier molecular flexibility index (Phi) is 7.44. The fourth-order valence-corrected chi connectivity index (χ4v) is 2.28. The van der Waals surface area contributed by atoms with E-state index in [2.05, 4.69) is 16.2 Å². The number of rotatable bonds is 6. The molecule has 0 atom stereocenters. The largest absolute Gasteiger partial charge is 0.352 e. The van der Waals surface area contributed by atoms with Gasteiger partial charge in [-0.15, -0.1) is 0 Å². The predicted molar refractivity (Wildman–Crippen MR) is 99.8 cm³/mol. The second kappa shape index (κ2) is 9.79.